The summed E-state index contributed by atoms with van der Waals surface area (Å²) in [4.78, 5) is 21.0. The molecule has 0 unspecified atom stereocenters. The average Bonchev–Trinajstić information content (AvgIpc) is 2.56. The predicted molar refractivity (Wildman–Crippen MR) is 93.4 cm³/mol. The average molecular weight is 331 g/mol. The van der Waals surface area contributed by atoms with E-state index in [1.54, 1.807) is 18.3 Å². The van der Waals surface area contributed by atoms with Crippen LogP contribution in [0, 0.1) is 0 Å². The molecule has 23 heavy (non-hydrogen) atoms. The zero-order valence-corrected chi connectivity index (χ0v) is 13.8. The Hall–Kier alpha value is -2.11. The number of aromatic nitrogens is 1. The number of pyridine rings is 1. The predicted octanol–water partition coefficient (Wildman–Crippen LogP) is 2.74. The monoisotopic (exact) mass is 330 g/mol. The lowest BCUT2D eigenvalue weighted by Crippen LogP contribution is -2.44. The Morgan fingerprint density at radius 2 is 1.87 bits per heavy atom. The van der Waals surface area contributed by atoms with E-state index in [0.29, 0.717) is 5.56 Å². The largest absolute Gasteiger partial charge is 0.367 e. The molecule has 0 saturated carbocycles. The number of carbonyl (C=O) groups excluding carboxylic acids is 1. The number of amides is 1. The van der Waals surface area contributed by atoms with E-state index in [1.165, 1.54) is 0 Å². The number of carbonyl (C=O) groups is 1. The molecule has 1 aromatic heterocycles. The molecule has 0 bridgehead atoms. The lowest BCUT2D eigenvalue weighted by Gasteiger charge is -2.35. The van der Waals surface area contributed by atoms with Crippen molar-refractivity contribution in [1.29, 1.82) is 0 Å². The first kappa shape index (κ1) is 15.8. The van der Waals surface area contributed by atoms with Gasteiger partial charge in [0.2, 0.25) is 0 Å². The Labute approximate surface area is 140 Å². The van der Waals surface area contributed by atoms with E-state index in [9.17, 15) is 4.79 Å². The summed E-state index contributed by atoms with van der Waals surface area (Å²) in [6, 6.07) is 11.2. The van der Waals surface area contributed by atoms with Crippen LogP contribution in [0.4, 0.5) is 11.4 Å². The van der Waals surface area contributed by atoms with Gasteiger partial charge >= 0.3 is 0 Å². The summed E-state index contributed by atoms with van der Waals surface area (Å²) >= 11 is 6.00. The van der Waals surface area contributed by atoms with Crippen molar-refractivity contribution in [2.75, 3.05) is 43.4 Å². The first-order valence-electron chi connectivity index (χ1n) is 7.59. The highest BCUT2D eigenvalue weighted by Gasteiger charge is 2.18. The maximum atomic E-state index is 12.5. The Balaban J connectivity index is 1.81. The topological polar surface area (TPSA) is 48.5 Å². The summed E-state index contributed by atoms with van der Waals surface area (Å²) in [5.74, 6) is -0.246. The molecular formula is C17H19ClN4O. The lowest BCUT2D eigenvalue weighted by molar-refractivity contribution is 0.102. The minimum atomic E-state index is -0.246. The van der Waals surface area contributed by atoms with Crippen molar-refractivity contribution in [3.63, 3.8) is 0 Å². The first-order valence-corrected chi connectivity index (χ1v) is 7.97. The fourth-order valence-electron chi connectivity index (χ4n) is 2.65. The van der Waals surface area contributed by atoms with Crippen LogP contribution in [-0.4, -0.2) is 49.0 Å². The van der Waals surface area contributed by atoms with E-state index < -0.39 is 0 Å². The van der Waals surface area contributed by atoms with Crippen molar-refractivity contribution in [1.82, 2.24) is 9.88 Å². The normalized spacial score (nSPS) is 15.5. The van der Waals surface area contributed by atoms with Gasteiger partial charge in [0, 0.05) is 32.4 Å². The summed E-state index contributed by atoms with van der Waals surface area (Å²) in [5, 5.41) is 3.17. The van der Waals surface area contributed by atoms with Crippen LogP contribution in [0.5, 0.6) is 0 Å². The van der Waals surface area contributed by atoms with Gasteiger partial charge in [-0.2, -0.15) is 0 Å². The van der Waals surface area contributed by atoms with Crippen LogP contribution in [-0.2, 0) is 0 Å². The molecule has 5 nitrogen and oxygen atoms in total. The second kappa shape index (κ2) is 6.98. The molecule has 1 N–H and O–H groups in total. The highest BCUT2D eigenvalue weighted by atomic mass is 35.5. The van der Waals surface area contributed by atoms with E-state index in [-0.39, 0.29) is 11.1 Å². The number of para-hydroxylation sites is 2. The third-order valence-corrected chi connectivity index (χ3v) is 4.30. The zero-order chi connectivity index (χ0) is 16.2. The van der Waals surface area contributed by atoms with Crippen LogP contribution in [0.25, 0.3) is 0 Å². The number of likely N-dealkylation sites (N-methyl/N-ethyl adjacent to an activating group) is 1. The summed E-state index contributed by atoms with van der Waals surface area (Å²) in [7, 11) is 2.12. The van der Waals surface area contributed by atoms with Gasteiger partial charge in [0.15, 0.2) is 0 Å². The molecule has 1 aromatic carbocycles. The highest BCUT2D eigenvalue weighted by molar-refractivity contribution is 6.33. The van der Waals surface area contributed by atoms with Crippen molar-refractivity contribution >= 4 is 28.9 Å². The van der Waals surface area contributed by atoms with Gasteiger partial charge in [-0.1, -0.05) is 23.7 Å². The van der Waals surface area contributed by atoms with E-state index in [1.807, 2.05) is 24.3 Å². The van der Waals surface area contributed by atoms with Gasteiger partial charge < -0.3 is 15.1 Å². The number of nitrogens with one attached hydrogen (secondary N) is 1. The van der Waals surface area contributed by atoms with Gasteiger partial charge in [0.1, 0.15) is 5.15 Å². The lowest BCUT2D eigenvalue weighted by atomic mass is 10.2. The van der Waals surface area contributed by atoms with Gasteiger partial charge in [-0.15, -0.1) is 0 Å². The van der Waals surface area contributed by atoms with Gasteiger partial charge in [-0.3, -0.25) is 4.79 Å². The zero-order valence-electron chi connectivity index (χ0n) is 13.0. The number of hydrogen-bond donors (Lipinski definition) is 1. The summed E-state index contributed by atoms with van der Waals surface area (Å²) < 4.78 is 0. The van der Waals surface area contributed by atoms with Crippen molar-refractivity contribution in [2.24, 2.45) is 0 Å². The maximum Gasteiger partial charge on any atom is 0.258 e. The van der Waals surface area contributed by atoms with E-state index in [4.69, 9.17) is 11.6 Å². The number of piperazine rings is 1. The number of benzene rings is 1. The van der Waals surface area contributed by atoms with Crippen LogP contribution in [0.3, 0.4) is 0 Å². The Morgan fingerprint density at radius 3 is 2.61 bits per heavy atom. The van der Waals surface area contributed by atoms with Gasteiger partial charge in [0.05, 0.1) is 16.9 Å². The fraction of sp³-hybridized carbons (Fsp3) is 0.294. The van der Waals surface area contributed by atoms with Crippen molar-refractivity contribution in [3.8, 4) is 0 Å². The molecule has 1 aliphatic rings. The fourth-order valence-corrected chi connectivity index (χ4v) is 2.85. The first-order chi connectivity index (χ1) is 11.1. The molecule has 1 aliphatic heterocycles. The third kappa shape index (κ3) is 3.63. The molecule has 6 heteroatoms. The molecule has 2 heterocycles. The van der Waals surface area contributed by atoms with Crippen molar-refractivity contribution < 1.29 is 4.79 Å². The standard InChI is InChI=1S/C17H19ClN4O/c1-21-9-11-22(12-10-21)15-7-3-2-6-14(15)20-17(23)13-5-4-8-19-16(13)18/h2-8H,9-12H2,1H3,(H,20,23). The molecule has 0 spiro atoms. The summed E-state index contributed by atoms with van der Waals surface area (Å²) in [6.07, 6.45) is 1.57. The van der Waals surface area contributed by atoms with Crippen LogP contribution in [0.1, 0.15) is 10.4 Å². The second-order valence-electron chi connectivity index (χ2n) is 5.60. The number of nitrogens with zero attached hydrogens (tertiary/aromatic N) is 3. The second-order valence-corrected chi connectivity index (χ2v) is 5.96. The van der Waals surface area contributed by atoms with Crippen LogP contribution >= 0.6 is 11.6 Å². The molecule has 1 amide bonds. The molecule has 120 valence electrons. The molecule has 0 atom stereocenters. The Kier molecular flexibility index (Phi) is 4.79. The Morgan fingerprint density at radius 1 is 1.13 bits per heavy atom. The highest BCUT2D eigenvalue weighted by Crippen LogP contribution is 2.27. The van der Waals surface area contributed by atoms with Gasteiger partial charge in [-0.25, -0.2) is 4.98 Å². The minimum absolute atomic E-state index is 0.210. The number of rotatable bonds is 3. The minimum Gasteiger partial charge on any atom is -0.367 e. The van der Waals surface area contributed by atoms with E-state index in [0.717, 1.165) is 37.6 Å². The van der Waals surface area contributed by atoms with E-state index in [2.05, 4.69) is 27.1 Å². The summed E-state index contributed by atoms with van der Waals surface area (Å²) in [5.41, 5.74) is 2.21. The number of hydrogen-bond acceptors (Lipinski definition) is 4. The van der Waals surface area contributed by atoms with E-state index >= 15 is 0 Å². The van der Waals surface area contributed by atoms with Gasteiger partial charge in [0.25, 0.3) is 5.91 Å². The molecule has 3 rings (SSSR count). The van der Waals surface area contributed by atoms with Crippen LogP contribution < -0.4 is 10.2 Å². The van der Waals surface area contributed by atoms with Crippen LogP contribution in [0.2, 0.25) is 5.15 Å². The SMILES string of the molecule is CN1CCN(c2ccccc2NC(=O)c2cccnc2Cl)CC1. The smallest absolute Gasteiger partial charge is 0.258 e. The third-order valence-electron chi connectivity index (χ3n) is 4.00. The molecule has 0 radical (unpaired) electrons. The molecular weight excluding hydrogens is 312 g/mol. The number of halogens is 1. The molecule has 1 saturated heterocycles. The van der Waals surface area contributed by atoms with Crippen molar-refractivity contribution in [3.05, 3.63) is 53.3 Å². The number of anilines is 2. The van der Waals surface area contributed by atoms with Crippen LogP contribution in [0.15, 0.2) is 42.6 Å². The Bertz CT molecular complexity index is 698. The molecule has 1 fully saturated rings. The quantitative estimate of drug-likeness (QED) is 0.879. The summed E-state index contributed by atoms with van der Waals surface area (Å²) in [6.45, 7) is 3.90. The van der Waals surface area contributed by atoms with Crippen molar-refractivity contribution in [2.45, 2.75) is 0 Å². The molecule has 2 aromatic rings. The van der Waals surface area contributed by atoms with Gasteiger partial charge in [-0.05, 0) is 31.3 Å². The molecule has 0 aliphatic carbocycles. The maximum absolute atomic E-state index is 12.5.